The molecule has 2 rings (SSSR count). The van der Waals surface area contributed by atoms with E-state index in [1.165, 1.54) is 6.07 Å². The van der Waals surface area contributed by atoms with Crippen LogP contribution in [-0.4, -0.2) is 6.21 Å². The van der Waals surface area contributed by atoms with Crippen molar-refractivity contribution in [3.8, 4) is 0 Å². The zero-order chi connectivity index (χ0) is 11.4. The second-order valence-electron chi connectivity index (χ2n) is 3.60. The summed E-state index contributed by atoms with van der Waals surface area (Å²) < 4.78 is 13.2. The maximum absolute atomic E-state index is 13.2. The Balaban J connectivity index is 2.21. The molecule has 0 amide bonds. The lowest BCUT2D eigenvalue weighted by Crippen LogP contribution is -1.81. The Hall–Kier alpha value is -1.96. The van der Waals surface area contributed by atoms with E-state index in [2.05, 4.69) is 4.99 Å². The Morgan fingerprint density at radius 2 is 1.81 bits per heavy atom. The molecule has 2 aromatic carbocycles. The van der Waals surface area contributed by atoms with Crippen molar-refractivity contribution < 1.29 is 4.39 Å². The van der Waals surface area contributed by atoms with Gasteiger partial charge in [-0.05, 0) is 30.2 Å². The lowest BCUT2D eigenvalue weighted by Gasteiger charge is -1.97. The fourth-order valence-electron chi connectivity index (χ4n) is 1.35. The maximum atomic E-state index is 13.2. The van der Waals surface area contributed by atoms with E-state index in [1.807, 2.05) is 30.3 Å². The first kappa shape index (κ1) is 10.6. The van der Waals surface area contributed by atoms with Crippen LogP contribution in [0, 0.1) is 12.7 Å². The minimum Gasteiger partial charge on any atom is -0.256 e. The van der Waals surface area contributed by atoms with Gasteiger partial charge in [-0.2, -0.15) is 0 Å². The molecule has 0 saturated heterocycles. The molecule has 0 spiro atoms. The van der Waals surface area contributed by atoms with E-state index in [0.717, 1.165) is 5.56 Å². The molecule has 0 aliphatic heterocycles. The number of halogens is 1. The van der Waals surface area contributed by atoms with Crippen LogP contribution < -0.4 is 0 Å². The zero-order valence-electron chi connectivity index (χ0n) is 9.02. The Morgan fingerprint density at radius 1 is 1.06 bits per heavy atom. The third kappa shape index (κ3) is 2.54. The Morgan fingerprint density at radius 3 is 2.50 bits per heavy atom. The third-order valence-corrected chi connectivity index (χ3v) is 2.32. The molecule has 0 saturated carbocycles. The van der Waals surface area contributed by atoms with Crippen LogP contribution in [0.3, 0.4) is 0 Å². The van der Waals surface area contributed by atoms with E-state index < -0.39 is 0 Å². The zero-order valence-corrected chi connectivity index (χ0v) is 9.02. The van der Waals surface area contributed by atoms with E-state index in [9.17, 15) is 4.39 Å². The van der Waals surface area contributed by atoms with Gasteiger partial charge in [0, 0.05) is 6.21 Å². The van der Waals surface area contributed by atoms with E-state index >= 15 is 0 Å². The van der Waals surface area contributed by atoms with Crippen LogP contribution in [0.5, 0.6) is 0 Å². The number of hydrogen-bond acceptors (Lipinski definition) is 1. The third-order valence-electron chi connectivity index (χ3n) is 2.32. The van der Waals surface area contributed by atoms with Crippen molar-refractivity contribution in [3.05, 3.63) is 65.5 Å². The summed E-state index contributed by atoms with van der Waals surface area (Å²) in [6.45, 7) is 1.74. The van der Waals surface area contributed by atoms with Crippen molar-refractivity contribution in [2.45, 2.75) is 6.92 Å². The molecule has 0 aliphatic carbocycles. The number of rotatable bonds is 2. The van der Waals surface area contributed by atoms with Crippen LogP contribution in [0.25, 0.3) is 0 Å². The summed E-state index contributed by atoms with van der Waals surface area (Å²) in [7, 11) is 0. The van der Waals surface area contributed by atoms with Crippen molar-refractivity contribution in [2.24, 2.45) is 4.99 Å². The first-order valence-electron chi connectivity index (χ1n) is 5.11. The number of nitrogens with zero attached hydrogens (tertiary/aromatic N) is 1. The van der Waals surface area contributed by atoms with Gasteiger partial charge in [-0.25, -0.2) is 4.39 Å². The molecule has 0 heterocycles. The van der Waals surface area contributed by atoms with Crippen molar-refractivity contribution in [2.75, 3.05) is 0 Å². The molecular formula is C14H12FN. The summed E-state index contributed by atoms with van der Waals surface area (Å²) in [6, 6.07) is 14.7. The van der Waals surface area contributed by atoms with Gasteiger partial charge in [0.1, 0.15) is 5.82 Å². The molecule has 0 bridgehead atoms. The highest BCUT2D eigenvalue weighted by Crippen LogP contribution is 2.16. The number of hydrogen-bond donors (Lipinski definition) is 0. The van der Waals surface area contributed by atoms with Crippen LogP contribution in [0.15, 0.2) is 53.5 Å². The van der Waals surface area contributed by atoms with Gasteiger partial charge in [0.15, 0.2) is 0 Å². The summed E-state index contributed by atoms with van der Waals surface area (Å²) in [4.78, 5) is 4.21. The molecule has 0 radical (unpaired) electrons. The normalized spacial score (nSPS) is 10.9. The summed E-state index contributed by atoms with van der Waals surface area (Å²) in [5.41, 5.74) is 2.27. The smallest absolute Gasteiger partial charge is 0.128 e. The number of aliphatic imine (C=N–C) groups is 1. The second-order valence-corrected chi connectivity index (χ2v) is 3.60. The van der Waals surface area contributed by atoms with Gasteiger partial charge >= 0.3 is 0 Å². The van der Waals surface area contributed by atoms with E-state index in [4.69, 9.17) is 0 Å². The van der Waals surface area contributed by atoms with E-state index in [0.29, 0.717) is 11.3 Å². The van der Waals surface area contributed by atoms with Crippen molar-refractivity contribution in [3.63, 3.8) is 0 Å². The Labute approximate surface area is 94.3 Å². The quantitative estimate of drug-likeness (QED) is 0.671. The average Bonchev–Trinajstić information content (AvgIpc) is 2.32. The highest BCUT2D eigenvalue weighted by molar-refractivity contribution is 5.81. The molecule has 0 unspecified atom stereocenters. The molecule has 0 aromatic heterocycles. The van der Waals surface area contributed by atoms with Crippen LogP contribution in [-0.2, 0) is 0 Å². The SMILES string of the molecule is Cc1ccc(N=Cc2ccccc2)cc1F. The largest absolute Gasteiger partial charge is 0.256 e. The minimum absolute atomic E-state index is 0.220. The molecule has 80 valence electrons. The molecule has 2 heteroatoms. The fraction of sp³-hybridized carbons (Fsp3) is 0.0714. The predicted octanol–water partition coefficient (Wildman–Crippen LogP) is 3.88. The maximum Gasteiger partial charge on any atom is 0.128 e. The molecule has 0 fully saturated rings. The molecule has 16 heavy (non-hydrogen) atoms. The van der Waals surface area contributed by atoms with Crippen molar-refractivity contribution in [1.29, 1.82) is 0 Å². The van der Waals surface area contributed by atoms with Gasteiger partial charge in [-0.3, -0.25) is 4.99 Å². The summed E-state index contributed by atoms with van der Waals surface area (Å²) in [6.07, 6.45) is 1.73. The Bertz CT molecular complexity index is 503. The number of aryl methyl sites for hydroxylation is 1. The van der Waals surface area contributed by atoms with Crippen molar-refractivity contribution >= 4 is 11.9 Å². The first-order valence-corrected chi connectivity index (χ1v) is 5.11. The fourth-order valence-corrected chi connectivity index (χ4v) is 1.35. The number of benzene rings is 2. The minimum atomic E-state index is -0.220. The van der Waals surface area contributed by atoms with Crippen LogP contribution >= 0.6 is 0 Å². The summed E-state index contributed by atoms with van der Waals surface area (Å²) >= 11 is 0. The van der Waals surface area contributed by atoms with E-state index in [1.54, 1.807) is 25.3 Å². The lowest BCUT2D eigenvalue weighted by atomic mass is 10.2. The van der Waals surface area contributed by atoms with E-state index in [-0.39, 0.29) is 5.82 Å². The van der Waals surface area contributed by atoms with Gasteiger partial charge in [-0.1, -0.05) is 36.4 Å². The van der Waals surface area contributed by atoms with Gasteiger partial charge < -0.3 is 0 Å². The summed E-state index contributed by atoms with van der Waals surface area (Å²) in [5, 5.41) is 0. The van der Waals surface area contributed by atoms with Crippen LogP contribution in [0.1, 0.15) is 11.1 Å². The molecular weight excluding hydrogens is 201 g/mol. The molecule has 0 atom stereocenters. The highest BCUT2D eigenvalue weighted by atomic mass is 19.1. The topological polar surface area (TPSA) is 12.4 Å². The molecule has 2 aromatic rings. The van der Waals surface area contributed by atoms with Gasteiger partial charge in [0.05, 0.1) is 5.69 Å². The van der Waals surface area contributed by atoms with Gasteiger partial charge in [0.25, 0.3) is 0 Å². The van der Waals surface area contributed by atoms with Crippen molar-refractivity contribution in [1.82, 2.24) is 0 Å². The molecule has 1 nitrogen and oxygen atoms in total. The van der Waals surface area contributed by atoms with Gasteiger partial charge in [-0.15, -0.1) is 0 Å². The van der Waals surface area contributed by atoms with Crippen LogP contribution in [0.2, 0.25) is 0 Å². The first-order chi connectivity index (χ1) is 7.75. The highest BCUT2D eigenvalue weighted by Gasteiger charge is 1.96. The monoisotopic (exact) mass is 213 g/mol. The van der Waals surface area contributed by atoms with Crippen LogP contribution in [0.4, 0.5) is 10.1 Å². The standard InChI is InChI=1S/C14H12FN/c1-11-7-8-13(9-14(11)15)16-10-12-5-3-2-4-6-12/h2-10H,1H3. The molecule has 0 aliphatic rings. The van der Waals surface area contributed by atoms with Gasteiger partial charge in [0.2, 0.25) is 0 Å². The average molecular weight is 213 g/mol. The predicted molar refractivity (Wildman–Crippen MR) is 64.8 cm³/mol. The Kier molecular flexibility index (Phi) is 3.10. The summed E-state index contributed by atoms with van der Waals surface area (Å²) in [5.74, 6) is -0.220. The lowest BCUT2D eigenvalue weighted by molar-refractivity contribution is 0.619. The molecule has 0 N–H and O–H groups in total. The second kappa shape index (κ2) is 4.71.